The Morgan fingerprint density at radius 2 is 1.96 bits per heavy atom. The summed E-state index contributed by atoms with van der Waals surface area (Å²) in [5.74, 6) is -0.515. The van der Waals surface area contributed by atoms with Gasteiger partial charge in [0.1, 0.15) is 0 Å². The summed E-state index contributed by atoms with van der Waals surface area (Å²) in [6.07, 6.45) is -4.77. The van der Waals surface area contributed by atoms with Crippen LogP contribution in [0.1, 0.15) is 18.0 Å². The fourth-order valence-electron chi connectivity index (χ4n) is 2.86. The highest BCUT2D eigenvalue weighted by Gasteiger charge is 2.48. The van der Waals surface area contributed by atoms with Crippen molar-refractivity contribution < 1.29 is 22.9 Å². The molecule has 3 rings (SSSR count). The molecule has 1 N–H and O–H groups in total. The molecular formula is C15H12F3N3O3. The van der Waals surface area contributed by atoms with Crippen molar-refractivity contribution in [2.45, 2.75) is 18.6 Å². The highest BCUT2D eigenvalue weighted by molar-refractivity contribution is 5.88. The number of nitrogens with zero attached hydrogens (tertiary/aromatic N) is 2. The SMILES string of the molecule is O=C1CCN(C(c2cc([N+](=O)[O-])cc3ccccc23)C(F)(F)F)N1. The molecule has 1 unspecified atom stereocenters. The molecule has 0 radical (unpaired) electrons. The third kappa shape index (κ3) is 2.90. The van der Waals surface area contributed by atoms with Gasteiger partial charge < -0.3 is 0 Å². The van der Waals surface area contributed by atoms with Crippen molar-refractivity contribution >= 4 is 22.4 Å². The molecule has 1 aliphatic heterocycles. The summed E-state index contributed by atoms with van der Waals surface area (Å²) in [6.45, 7) is -0.125. The maximum atomic E-state index is 13.7. The Hall–Kier alpha value is -2.68. The van der Waals surface area contributed by atoms with Crippen molar-refractivity contribution in [3.63, 3.8) is 0 Å². The molecule has 2 aromatic carbocycles. The van der Waals surface area contributed by atoms with E-state index in [1.807, 2.05) is 0 Å². The lowest BCUT2D eigenvalue weighted by Crippen LogP contribution is -2.43. The average molecular weight is 339 g/mol. The molecular weight excluding hydrogens is 327 g/mol. The van der Waals surface area contributed by atoms with Crippen molar-refractivity contribution in [3.8, 4) is 0 Å². The Bertz CT molecular complexity index is 822. The first-order valence-corrected chi connectivity index (χ1v) is 7.07. The van der Waals surface area contributed by atoms with Gasteiger partial charge in [-0.1, -0.05) is 24.3 Å². The first kappa shape index (κ1) is 16.2. The maximum absolute atomic E-state index is 13.7. The number of carbonyl (C=O) groups is 1. The zero-order valence-electron chi connectivity index (χ0n) is 12.2. The van der Waals surface area contributed by atoms with E-state index >= 15 is 0 Å². The van der Waals surface area contributed by atoms with Crippen molar-refractivity contribution in [2.24, 2.45) is 0 Å². The van der Waals surface area contributed by atoms with Gasteiger partial charge in [0.2, 0.25) is 5.91 Å². The highest BCUT2D eigenvalue weighted by Crippen LogP contribution is 2.42. The maximum Gasteiger partial charge on any atom is 0.409 e. The highest BCUT2D eigenvalue weighted by atomic mass is 19.4. The van der Waals surface area contributed by atoms with Gasteiger partial charge >= 0.3 is 6.18 Å². The van der Waals surface area contributed by atoms with Crippen LogP contribution in [0.25, 0.3) is 10.8 Å². The number of non-ortho nitro benzene ring substituents is 1. The molecule has 1 aliphatic rings. The number of nitrogens with one attached hydrogen (secondary N) is 1. The van der Waals surface area contributed by atoms with Crippen LogP contribution in [0.4, 0.5) is 18.9 Å². The normalized spacial score (nSPS) is 17.0. The molecule has 1 atom stereocenters. The molecule has 0 spiro atoms. The van der Waals surface area contributed by atoms with Gasteiger partial charge in [-0.05, 0) is 16.3 Å². The van der Waals surface area contributed by atoms with Crippen LogP contribution in [-0.2, 0) is 4.79 Å². The Morgan fingerprint density at radius 1 is 1.25 bits per heavy atom. The molecule has 0 saturated carbocycles. The smallest absolute Gasteiger partial charge is 0.288 e. The number of rotatable bonds is 3. The minimum absolute atomic E-state index is 0.0561. The number of benzene rings is 2. The summed E-state index contributed by atoms with van der Waals surface area (Å²) in [5.41, 5.74) is 1.49. The second-order valence-corrected chi connectivity index (χ2v) is 5.44. The van der Waals surface area contributed by atoms with Gasteiger partial charge in [-0.2, -0.15) is 13.2 Å². The van der Waals surface area contributed by atoms with Crippen LogP contribution in [0.5, 0.6) is 0 Å². The lowest BCUT2D eigenvalue weighted by Gasteiger charge is -2.30. The standard InChI is InChI=1S/C15H12F3N3O3/c16-15(17,18)14(20-6-5-13(22)19-20)12-8-10(21(23)24)7-9-3-1-2-4-11(9)12/h1-4,7-8,14H,5-6H2,(H,19,22). The second-order valence-electron chi connectivity index (χ2n) is 5.44. The number of alkyl halides is 3. The summed E-state index contributed by atoms with van der Waals surface area (Å²) >= 11 is 0. The zero-order valence-corrected chi connectivity index (χ0v) is 12.2. The Balaban J connectivity index is 2.23. The number of halogens is 3. The Labute approximate surface area is 134 Å². The van der Waals surface area contributed by atoms with Crippen LogP contribution in [0.3, 0.4) is 0 Å². The number of fused-ring (bicyclic) bond motifs is 1. The number of hydrogen-bond acceptors (Lipinski definition) is 4. The van der Waals surface area contributed by atoms with Gasteiger partial charge in [0.15, 0.2) is 6.04 Å². The molecule has 0 aliphatic carbocycles. The topological polar surface area (TPSA) is 75.5 Å². The fourth-order valence-corrected chi connectivity index (χ4v) is 2.86. The molecule has 2 aromatic rings. The van der Waals surface area contributed by atoms with Gasteiger partial charge in [0.25, 0.3) is 5.69 Å². The fraction of sp³-hybridized carbons (Fsp3) is 0.267. The summed E-state index contributed by atoms with van der Waals surface area (Å²) in [5, 5.41) is 12.5. The first-order valence-electron chi connectivity index (χ1n) is 7.07. The van der Waals surface area contributed by atoms with Gasteiger partial charge in [-0.15, -0.1) is 0 Å². The van der Waals surface area contributed by atoms with Gasteiger partial charge in [0, 0.05) is 25.1 Å². The summed E-state index contributed by atoms with van der Waals surface area (Å²) < 4.78 is 41.0. The van der Waals surface area contributed by atoms with Crippen LogP contribution in [0.2, 0.25) is 0 Å². The summed E-state index contributed by atoms with van der Waals surface area (Å²) in [4.78, 5) is 21.7. The third-order valence-electron chi connectivity index (χ3n) is 3.85. The van der Waals surface area contributed by atoms with E-state index in [4.69, 9.17) is 0 Å². The largest absolute Gasteiger partial charge is 0.409 e. The van der Waals surface area contributed by atoms with E-state index in [2.05, 4.69) is 5.43 Å². The van der Waals surface area contributed by atoms with Crippen LogP contribution in [-0.4, -0.2) is 28.6 Å². The molecule has 126 valence electrons. The first-order chi connectivity index (χ1) is 11.3. The number of nitro benzene ring substituents is 1. The predicted molar refractivity (Wildman–Crippen MR) is 78.9 cm³/mol. The number of amides is 1. The molecule has 0 bridgehead atoms. The van der Waals surface area contributed by atoms with Crippen LogP contribution in [0, 0.1) is 10.1 Å². The summed E-state index contributed by atoms with van der Waals surface area (Å²) in [6, 6.07) is 6.14. The number of carbonyl (C=O) groups excluding carboxylic acids is 1. The monoisotopic (exact) mass is 339 g/mol. The number of nitro groups is 1. The molecule has 0 aromatic heterocycles. The minimum atomic E-state index is -4.71. The van der Waals surface area contributed by atoms with E-state index in [1.165, 1.54) is 18.2 Å². The zero-order chi connectivity index (χ0) is 17.5. The lowest BCUT2D eigenvalue weighted by molar-refractivity contribution is -0.384. The molecule has 9 heteroatoms. The van der Waals surface area contributed by atoms with Crippen molar-refractivity contribution in [1.29, 1.82) is 0 Å². The lowest BCUT2D eigenvalue weighted by atomic mass is 9.97. The van der Waals surface area contributed by atoms with E-state index in [0.29, 0.717) is 5.39 Å². The molecule has 1 heterocycles. The van der Waals surface area contributed by atoms with E-state index in [1.54, 1.807) is 12.1 Å². The Kier molecular flexibility index (Phi) is 3.88. The van der Waals surface area contributed by atoms with E-state index in [0.717, 1.165) is 11.1 Å². The molecule has 24 heavy (non-hydrogen) atoms. The molecule has 1 amide bonds. The van der Waals surface area contributed by atoms with E-state index in [9.17, 15) is 28.1 Å². The Morgan fingerprint density at radius 3 is 2.54 bits per heavy atom. The van der Waals surface area contributed by atoms with Crippen molar-refractivity contribution in [1.82, 2.24) is 10.4 Å². The van der Waals surface area contributed by atoms with Gasteiger partial charge in [0.05, 0.1) is 4.92 Å². The molecule has 1 fully saturated rings. The summed E-state index contributed by atoms with van der Waals surface area (Å²) in [7, 11) is 0. The number of hydrazine groups is 1. The quantitative estimate of drug-likeness (QED) is 0.689. The van der Waals surface area contributed by atoms with E-state index < -0.39 is 28.7 Å². The van der Waals surface area contributed by atoms with Crippen LogP contribution in [0.15, 0.2) is 36.4 Å². The second kappa shape index (κ2) is 5.75. The molecule has 6 nitrogen and oxygen atoms in total. The third-order valence-corrected chi connectivity index (χ3v) is 3.85. The van der Waals surface area contributed by atoms with Crippen molar-refractivity contribution in [2.75, 3.05) is 6.54 Å². The number of hydrogen-bond donors (Lipinski definition) is 1. The molecule has 1 saturated heterocycles. The van der Waals surface area contributed by atoms with Gasteiger partial charge in [-0.25, -0.2) is 5.01 Å². The van der Waals surface area contributed by atoms with Crippen LogP contribution < -0.4 is 5.43 Å². The average Bonchev–Trinajstić information content (AvgIpc) is 2.91. The van der Waals surface area contributed by atoms with E-state index in [-0.39, 0.29) is 23.9 Å². The minimum Gasteiger partial charge on any atom is -0.288 e. The predicted octanol–water partition coefficient (Wildman–Crippen LogP) is 3.09. The van der Waals surface area contributed by atoms with Gasteiger partial charge in [-0.3, -0.25) is 20.3 Å². The van der Waals surface area contributed by atoms with Crippen molar-refractivity contribution in [3.05, 3.63) is 52.1 Å². The van der Waals surface area contributed by atoms with Crippen LogP contribution >= 0.6 is 0 Å².